The lowest BCUT2D eigenvalue weighted by atomic mass is 10.1. The first-order valence-corrected chi connectivity index (χ1v) is 17.5. The molecule has 2 aromatic rings. The van der Waals surface area contributed by atoms with Gasteiger partial charge in [0.05, 0.1) is 18.5 Å². The summed E-state index contributed by atoms with van der Waals surface area (Å²) in [6, 6.07) is 0. The second-order valence-electron chi connectivity index (χ2n) is 14.4. The van der Waals surface area contributed by atoms with Gasteiger partial charge in [0, 0.05) is 13.3 Å². The summed E-state index contributed by atoms with van der Waals surface area (Å²) in [4.78, 5) is 62.6. The predicted octanol–water partition coefficient (Wildman–Crippen LogP) is 5.75. The quantitative estimate of drug-likeness (QED) is 0.378. The molecule has 1 aliphatic rings. The molecule has 2 amide bonds. The van der Waals surface area contributed by atoms with Crippen molar-refractivity contribution in [1.29, 1.82) is 0 Å². The van der Waals surface area contributed by atoms with Gasteiger partial charge in [0.1, 0.15) is 17.4 Å². The van der Waals surface area contributed by atoms with Gasteiger partial charge in [0.2, 0.25) is 11.9 Å². The van der Waals surface area contributed by atoms with Gasteiger partial charge in [-0.25, -0.2) is 14.6 Å². The number of aromatic nitrogens is 4. The Balaban J connectivity index is 2.20. The van der Waals surface area contributed by atoms with Crippen LogP contribution in [0.25, 0.3) is 11.2 Å². The fourth-order valence-electron chi connectivity index (χ4n) is 4.36. The molecule has 1 unspecified atom stereocenters. The molecule has 0 bridgehead atoms. The van der Waals surface area contributed by atoms with Crippen LogP contribution in [-0.4, -0.2) is 68.9 Å². The van der Waals surface area contributed by atoms with Gasteiger partial charge in [-0.15, -0.1) is 0 Å². The monoisotopic (exact) mass is 621 g/mol. The van der Waals surface area contributed by atoms with Gasteiger partial charge in [0.25, 0.3) is 5.56 Å². The zero-order valence-electron chi connectivity index (χ0n) is 27.7. The molecule has 13 nitrogen and oxygen atoms in total. The Morgan fingerprint density at radius 3 is 2.12 bits per heavy atom. The molecule has 3 atom stereocenters. The van der Waals surface area contributed by atoms with E-state index in [2.05, 4.69) is 43.8 Å². The van der Waals surface area contributed by atoms with Gasteiger partial charge in [-0.2, -0.15) is 14.5 Å². The zero-order chi connectivity index (χ0) is 32.9. The lowest BCUT2D eigenvalue weighted by molar-refractivity contribution is -0.116. The summed E-state index contributed by atoms with van der Waals surface area (Å²) in [6.45, 7) is 23.7. The van der Waals surface area contributed by atoms with Gasteiger partial charge in [-0.05, 0) is 66.1 Å². The molecule has 0 saturated carbocycles. The highest BCUT2D eigenvalue weighted by Crippen LogP contribution is 2.42. The standard InChI is InChI=1S/C29H47N5O8Si/c1-14-18-19(42-43(12,13)29(9,10)11)15-20(39-18)32-16-30-21-22(32)31-24(33(17(2)35)25(37)40-27(3,4)5)34(23(21)36)26(38)41-28(6,7)8/h16,18-20H,14-15H2,1-13H3/t18-,19?,20-/m1/s1. The van der Waals surface area contributed by atoms with E-state index < -0.39 is 55.3 Å². The second-order valence-corrected chi connectivity index (χ2v) is 19.1. The van der Waals surface area contributed by atoms with Crippen molar-refractivity contribution in [2.24, 2.45) is 0 Å². The number of anilines is 1. The molecule has 14 heteroatoms. The van der Waals surface area contributed by atoms with E-state index in [-0.39, 0.29) is 28.4 Å². The molecule has 1 saturated heterocycles. The van der Waals surface area contributed by atoms with Crippen molar-refractivity contribution in [1.82, 2.24) is 19.1 Å². The normalized spacial score (nSPS) is 19.9. The highest BCUT2D eigenvalue weighted by atomic mass is 28.4. The molecule has 0 aromatic carbocycles. The van der Waals surface area contributed by atoms with Crippen molar-refractivity contribution in [3.05, 3.63) is 16.7 Å². The van der Waals surface area contributed by atoms with Crippen LogP contribution >= 0.6 is 0 Å². The van der Waals surface area contributed by atoms with Crippen LogP contribution in [0.2, 0.25) is 18.1 Å². The van der Waals surface area contributed by atoms with Gasteiger partial charge in [0.15, 0.2) is 19.5 Å². The fourth-order valence-corrected chi connectivity index (χ4v) is 5.72. The lowest BCUT2D eigenvalue weighted by Crippen LogP contribution is -2.45. The van der Waals surface area contributed by atoms with Gasteiger partial charge in [-0.1, -0.05) is 27.7 Å². The molecule has 0 spiro atoms. The van der Waals surface area contributed by atoms with Crippen molar-refractivity contribution < 1.29 is 33.0 Å². The Hall–Kier alpha value is -3.10. The number of amides is 2. The summed E-state index contributed by atoms with van der Waals surface area (Å²) >= 11 is 0. The number of imidazole rings is 1. The molecule has 1 aliphatic heterocycles. The Morgan fingerprint density at radius 2 is 1.63 bits per heavy atom. The number of hydrogen-bond donors (Lipinski definition) is 0. The van der Waals surface area contributed by atoms with E-state index in [0.717, 1.165) is 6.92 Å². The van der Waals surface area contributed by atoms with Crippen LogP contribution in [0.4, 0.5) is 15.5 Å². The largest absolute Gasteiger partial charge is 0.443 e. The first-order valence-electron chi connectivity index (χ1n) is 14.6. The van der Waals surface area contributed by atoms with Crippen LogP contribution in [0.1, 0.15) is 95.2 Å². The van der Waals surface area contributed by atoms with Crippen molar-refractivity contribution in [2.75, 3.05) is 4.90 Å². The van der Waals surface area contributed by atoms with Crippen LogP contribution in [0.3, 0.4) is 0 Å². The van der Waals surface area contributed by atoms with Gasteiger partial charge >= 0.3 is 12.2 Å². The van der Waals surface area contributed by atoms with Gasteiger partial charge < -0.3 is 18.6 Å². The number of rotatable bonds is 5. The number of carbonyl (C=O) groups excluding carboxylic acids is 3. The fraction of sp³-hybridized carbons (Fsp3) is 0.724. The minimum Gasteiger partial charge on any atom is -0.443 e. The van der Waals surface area contributed by atoms with Crippen molar-refractivity contribution >= 4 is 43.5 Å². The third-order valence-electron chi connectivity index (χ3n) is 7.39. The number of nitrogens with zero attached hydrogens (tertiary/aromatic N) is 5. The van der Waals surface area contributed by atoms with E-state index in [1.165, 1.54) is 6.33 Å². The van der Waals surface area contributed by atoms with E-state index in [9.17, 15) is 19.2 Å². The Labute approximate surface area is 254 Å². The summed E-state index contributed by atoms with van der Waals surface area (Å²) in [7, 11) is -2.13. The molecule has 3 heterocycles. The Morgan fingerprint density at radius 1 is 1.05 bits per heavy atom. The second kappa shape index (κ2) is 11.8. The average Bonchev–Trinajstić information content (AvgIpc) is 3.39. The van der Waals surface area contributed by atoms with Crippen LogP contribution < -0.4 is 10.5 Å². The molecule has 0 aliphatic carbocycles. The molecule has 43 heavy (non-hydrogen) atoms. The first kappa shape index (κ1) is 34.4. The third-order valence-corrected chi connectivity index (χ3v) is 11.9. The topological polar surface area (TPSA) is 144 Å². The average molecular weight is 622 g/mol. The molecule has 240 valence electrons. The smallest absolute Gasteiger partial charge is 0.424 e. The number of ether oxygens (including phenoxy) is 3. The maximum atomic E-state index is 13.8. The molecule has 1 fully saturated rings. The number of fused-ring (bicyclic) bond motifs is 1. The van der Waals surface area contributed by atoms with E-state index in [1.807, 2.05) is 6.92 Å². The molecule has 0 N–H and O–H groups in total. The number of imide groups is 1. The van der Waals surface area contributed by atoms with Crippen molar-refractivity contribution in [3.8, 4) is 0 Å². The van der Waals surface area contributed by atoms with Crippen molar-refractivity contribution in [3.63, 3.8) is 0 Å². The maximum absolute atomic E-state index is 13.8. The number of carbonyl (C=O) groups is 3. The Bertz CT molecular complexity index is 1440. The summed E-state index contributed by atoms with van der Waals surface area (Å²) in [5, 5.41) is -0.00784. The molecular weight excluding hydrogens is 574 g/mol. The summed E-state index contributed by atoms with van der Waals surface area (Å²) in [5.74, 6) is -1.40. The third kappa shape index (κ3) is 7.52. The summed E-state index contributed by atoms with van der Waals surface area (Å²) in [6.07, 6.45) is -0.694. The first-order chi connectivity index (χ1) is 19.5. The van der Waals surface area contributed by atoms with E-state index in [0.29, 0.717) is 22.3 Å². The lowest BCUT2D eigenvalue weighted by Gasteiger charge is -2.39. The van der Waals surface area contributed by atoms with Crippen molar-refractivity contribution in [2.45, 2.75) is 137 Å². The van der Waals surface area contributed by atoms with Crippen LogP contribution in [0, 0.1) is 0 Å². The van der Waals surface area contributed by atoms with Crippen LogP contribution in [0.5, 0.6) is 0 Å². The van der Waals surface area contributed by atoms with E-state index >= 15 is 0 Å². The minimum atomic E-state index is -2.13. The summed E-state index contributed by atoms with van der Waals surface area (Å²) < 4.78 is 26.1. The number of hydrogen-bond acceptors (Lipinski definition) is 10. The molecule has 3 rings (SSSR count). The minimum absolute atomic E-state index is 0.00784. The maximum Gasteiger partial charge on any atom is 0.424 e. The molecule has 2 aromatic heterocycles. The zero-order valence-corrected chi connectivity index (χ0v) is 28.7. The Kier molecular flexibility index (Phi) is 9.41. The highest BCUT2D eigenvalue weighted by molar-refractivity contribution is 6.74. The highest BCUT2D eigenvalue weighted by Gasteiger charge is 2.45. The van der Waals surface area contributed by atoms with E-state index in [1.54, 1.807) is 46.1 Å². The predicted molar refractivity (Wildman–Crippen MR) is 164 cm³/mol. The summed E-state index contributed by atoms with van der Waals surface area (Å²) in [5.41, 5.74) is -3.03. The van der Waals surface area contributed by atoms with Crippen LogP contribution in [0.15, 0.2) is 11.1 Å². The molecule has 0 radical (unpaired) electrons. The van der Waals surface area contributed by atoms with Gasteiger partial charge in [-0.3, -0.25) is 14.2 Å². The van der Waals surface area contributed by atoms with E-state index in [4.69, 9.17) is 18.6 Å². The SMILES string of the molecule is CC[C@H]1O[C@@H](n2cnc3c(=O)n(C(=O)OC(C)(C)C)c(N(C(C)=O)C(=O)OC(C)(C)C)nc32)CC1O[Si](C)(C)C(C)(C)C. The van der Waals surface area contributed by atoms with Crippen LogP contribution in [-0.2, 0) is 23.4 Å². The molecular formula is C29H47N5O8Si.